The smallest absolute Gasteiger partial charge is 0.169 e. The molecule has 0 aliphatic carbocycles. The summed E-state index contributed by atoms with van der Waals surface area (Å²) < 4.78 is 5.60. The number of aromatic nitrogens is 2. The van der Waals surface area contributed by atoms with Gasteiger partial charge in [-0.1, -0.05) is 12.1 Å². The highest BCUT2D eigenvalue weighted by molar-refractivity contribution is 5.78. The predicted octanol–water partition coefficient (Wildman–Crippen LogP) is 2.92. The van der Waals surface area contributed by atoms with E-state index in [2.05, 4.69) is 26.1 Å². The third-order valence-electron chi connectivity index (χ3n) is 2.88. The van der Waals surface area contributed by atoms with Crippen LogP contribution in [0.4, 0.5) is 23.0 Å². The van der Waals surface area contributed by atoms with E-state index in [-0.39, 0.29) is 5.54 Å². The van der Waals surface area contributed by atoms with Gasteiger partial charge in [0.05, 0.1) is 12.3 Å². The Balaban J connectivity index is 2.21. The molecule has 2 aromatic rings. The number of hydrazine groups is 1. The molecular weight excluding hydrogens is 292 g/mol. The van der Waals surface area contributed by atoms with Gasteiger partial charge in [0.25, 0.3) is 0 Å². The maximum atomic E-state index is 6.15. The molecule has 0 fully saturated rings. The average molecular weight is 316 g/mol. The molecule has 7 heteroatoms. The van der Waals surface area contributed by atoms with E-state index < -0.39 is 0 Å². The Hall–Kier alpha value is -2.54. The van der Waals surface area contributed by atoms with Crippen molar-refractivity contribution in [2.45, 2.75) is 33.2 Å². The molecule has 124 valence electrons. The number of para-hydroxylation sites is 2. The predicted molar refractivity (Wildman–Crippen MR) is 93.8 cm³/mol. The first kappa shape index (κ1) is 16.8. The second-order valence-corrected chi connectivity index (χ2v) is 6.04. The molecule has 23 heavy (non-hydrogen) atoms. The van der Waals surface area contributed by atoms with Gasteiger partial charge >= 0.3 is 0 Å². The summed E-state index contributed by atoms with van der Waals surface area (Å²) in [5.74, 6) is 1.78. The van der Waals surface area contributed by atoms with Gasteiger partial charge in [-0.25, -0.2) is 15.4 Å². The zero-order valence-electron chi connectivity index (χ0n) is 14.0. The lowest BCUT2D eigenvalue weighted by molar-refractivity contribution is 0.342. The number of nitrogens with two attached hydrogens (primary N) is 1. The van der Waals surface area contributed by atoms with Crippen molar-refractivity contribution in [2.75, 3.05) is 23.1 Å². The number of benzene rings is 1. The Morgan fingerprint density at radius 1 is 1.13 bits per heavy atom. The number of nitrogens with zero attached hydrogens (tertiary/aromatic N) is 2. The average Bonchev–Trinajstić information content (AvgIpc) is 2.49. The number of rotatable bonds is 6. The highest BCUT2D eigenvalue weighted by Crippen LogP contribution is 2.30. The van der Waals surface area contributed by atoms with Gasteiger partial charge in [-0.15, -0.1) is 0 Å². The fourth-order valence-corrected chi connectivity index (χ4v) is 1.82. The topological polar surface area (TPSA) is 97.1 Å². The number of anilines is 4. The van der Waals surface area contributed by atoms with Crippen LogP contribution in [-0.4, -0.2) is 22.1 Å². The maximum absolute atomic E-state index is 6.15. The molecule has 0 bridgehead atoms. The van der Waals surface area contributed by atoms with Crippen molar-refractivity contribution in [1.82, 2.24) is 15.4 Å². The van der Waals surface area contributed by atoms with Crippen molar-refractivity contribution >= 4 is 23.0 Å². The maximum Gasteiger partial charge on any atom is 0.169 e. The van der Waals surface area contributed by atoms with E-state index in [0.717, 1.165) is 11.4 Å². The summed E-state index contributed by atoms with van der Waals surface area (Å²) in [7, 11) is 0. The summed E-state index contributed by atoms with van der Waals surface area (Å²) in [6.45, 7) is 8.63. The molecule has 1 aromatic heterocycles. The molecule has 2 rings (SSSR count). The van der Waals surface area contributed by atoms with Crippen molar-refractivity contribution in [3.05, 3.63) is 30.6 Å². The molecule has 1 heterocycles. The quantitative estimate of drug-likeness (QED) is 0.608. The first-order valence-corrected chi connectivity index (χ1v) is 7.53. The highest BCUT2D eigenvalue weighted by Gasteiger charge is 2.13. The molecule has 0 aliphatic rings. The lowest BCUT2D eigenvalue weighted by atomic mass is 10.1. The van der Waals surface area contributed by atoms with Crippen LogP contribution in [0.5, 0.6) is 5.75 Å². The standard InChI is InChI=1S/C16H24N6O/c1-5-23-12-9-7-6-8-11(12)20-14-13(17)15(19-10-18-14)21-22-16(2,3)4/h6-10,22H,5,17H2,1-4H3,(H2,18,19,20,21). The number of nitrogen functional groups attached to an aromatic ring is 1. The zero-order valence-corrected chi connectivity index (χ0v) is 14.0. The molecule has 0 saturated heterocycles. The van der Waals surface area contributed by atoms with E-state index >= 15 is 0 Å². The normalized spacial score (nSPS) is 11.1. The molecule has 0 radical (unpaired) electrons. The molecule has 7 nitrogen and oxygen atoms in total. The molecule has 0 atom stereocenters. The summed E-state index contributed by atoms with van der Waals surface area (Å²) in [4.78, 5) is 8.37. The van der Waals surface area contributed by atoms with Crippen molar-refractivity contribution < 1.29 is 4.74 Å². The molecule has 0 amide bonds. The highest BCUT2D eigenvalue weighted by atomic mass is 16.5. The molecule has 0 aliphatic heterocycles. The lowest BCUT2D eigenvalue weighted by Crippen LogP contribution is -2.40. The van der Waals surface area contributed by atoms with E-state index in [0.29, 0.717) is 23.9 Å². The molecule has 1 aromatic carbocycles. The van der Waals surface area contributed by atoms with Crippen LogP contribution in [-0.2, 0) is 0 Å². The zero-order chi connectivity index (χ0) is 16.9. The molecule has 0 unspecified atom stereocenters. The first-order valence-electron chi connectivity index (χ1n) is 7.53. The van der Waals surface area contributed by atoms with Crippen LogP contribution in [0.2, 0.25) is 0 Å². The second-order valence-electron chi connectivity index (χ2n) is 6.04. The molecule has 0 saturated carbocycles. The number of hydrogen-bond donors (Lipinski definition) is 4. The lowest BCUT2D eigenvalue weighted by Gasteiger charge is -2.22. The van der Waals surface area contributed by atoms with Gasteiger partial charge in [0.1, 0.15) is 17.8 Å². The monoisotopic (exact) mass is 316 g/mol. The van der Waals surface area contributed by atoms with E-state index in [1.54, 1.807) is 0 Å². The minimum atomic E-state index is -0.119. The molecular formula is C16H24N6O. The van der Waals surface area contributed by atoms with Crippen molar-refractivity contribution in [3.8, 4) is 5.75 Å². The van der Waals surface area contributed by atoms with Crippen LogP contribution in [0.1, 0.15) is 27.7 Å². The Kier molecular flexibility index (Phi) is 5.23. The van der Waals surface area contributed by atoms with Crippen LogP contribution < -0.4 is 26.6 Å². The Bertz CT molecular complexity index is 653. The second kappa shape index (κ2) is 7.15. The Labute approximate surface area is 136 Å². The van der Waals surface area contributed by atoms with Gasteiger partial charge in [0, 0.05) is 5.54 Å². The molecule has 0 spiro atoms. The minimum absolute atomic E-state index is 0.119. The van der Waals surface area contributed by atoms with Crippen molar-refractivity contribution in [3.63, 3.8) is 0 Å². The van der Waals surface area contributed by atoms with E-state index in [4.69, 9.17) is 10.5 Å². The van der Waals surface area contributed by atoms with Crippen molar-refractivity contribution in [2.24, 2.45) is 0 Å². The summed E-state index contributed by atoms with van der Waals surface area (Å²) in [5, 5.41) is 3.19. The van der Waals surface area contributed by atoms with E-state index in [1.807, 2.05) is 52.0 Å². The van der Waals surface area contributed by atoms with Gasteiger partial charge in [0.15, 0.2) is 11.6 Å². The summed E-state index contributed by atoms with van der Waals surface area (Å²) in [5.41, 5.74) is 13.4. The summed E-state index contributed by atoms with van der Waals surface area (Å²) >= 11 is 0. The van der Waals surface area contributed by atoms with Crippen molar-refractivity contribution in [1.29, 1.82) is 0 Å². The largest absolute Gasteiger partial charge is 0.492 e. The van der Waals surface area contributed by atoms with Gasteiger partial charge in [-0.2, -0.15) is 0 Å². The van der Waals surface area contributed by atoms with Gasteiger partial charge in [-0.05, 0) is 39.8 Å². The summed E-state index contributed by atoms with van der Waals surface area (Å²) in [6, 6.07) is 7.64. The Morgan fingerprint density at radius 3 is 2.52 bits per heavy atom. The summed E-state index contributed by atoms with van der Waals surface area (Å²) in [6.07, 6.45) is 1.45. The SMILES string of the molecule is CCOc1ccccc1Nc1ncnc(NNC(C)(C)C)c1N. The number of hydrogen-bond acceptors (Lipinski definition) is 7. The van der Waals surface area contributed by atoms with Crippen LogP contribution in [0, 0.1) is 0 Å². The van der Waals surface area contributed by atoms with Crippen LogP contribution in [0.3, 0.4) is 0 Å². The van der Waals surface area contributed by atoms with Gasteiger partial charge in [0.2, 0.25) is 0 Å². The third-order valence-corrected chi connectivity index (χ3v) is 2.88. The fraction of sp³-hybridized carbons (Fsp3) is 0.375. The minimum Gasteiger partial charge on any atom is -0.492 e. The Morgan fingerprint density at radius 2 is 1.83 bits per heavy atom. The fourth-order valence-electron chi connectivity index (χ4n) is 1.82. The number of nitrogens with one attached hydrogen (secondary N) is 3. The van der Waals surface area contributed by atoms with Crippen LogP contribution in [0.25, 0.3) is 0 Å². The first-order chi connectivity index (χ1) is 10.9. The van der Waals surface area contributed by atoms with Crippen LogP contribution >= 0.6 is 0 Å². The molecule has 5 N–H and O–H groups in total. The van der Waals surface area contributed by atoms with E-state index in [1.165, 1.54) is 6.33 Å². The van der Waals surface area contributed by atoms with Crippen LogP contribution in [0.15, 0.2) is 30.6 Å². The van der Waals surface area contributed by atoms with Gasteiger partial charge in [-0.3, -0.25) is 0 Å². The van der Waals surface area contributed by atoms with E-state index in [9.17, 15) is 0 Å². The number of ether oxygens (including phenoxy) is 1. The van der Waals surface area contributed by atoms with Gasteiger partial charge < -0.3 is 21.2 Å². The third kappa shape index (κ3) is 4.72.